The molecule has 5 nitrogen and oxygen atoms in total. The number of hydrogen-bond acceptors (Lipinski definition) is 4. The van der Waals surface area contributed by atoms with Crippen LogP contribution in [0, 0.1) is 0 Å². The molecular formula is C22H17ClN2O3S2. The lowest BCUT2D eigenvalue weighted by atomic mass is 10.2. The summed E-state index contributed by atoms with van der Waals surface area (Å²) in [5.41, 5.74) is 3.29. The molecule has 5 rings (SSSR count). The van der Waals surface area contributed by atoms with E-state index in [0.29, 0.717) is 34.7 Å². The first-order valence-corrected chi connectivity index (χ1v) is 12.1. The Bertz CT molecular complexity index is 1440. The Hall–Kier alpha value is -2.61. The smallest absolute Gasteiger partial charge is 0.294 e. The van der Waals surface area contributed by atoms with Gasteiger partial charge in [0.05, 0.1) is 27.3 Å². The Morgan fingerprint density at radius 1 is 1.00 bits per heavy atom. The van der Waals surface area contributed by atoms with Gasteiger partial charge >= 0.3 is 4.87 Å². The van der Waals surface area contributed by atoms with E-state index in [4.69, 9.17) is 11.6 Å². The van der Waals surface area contributed by atoms with Crippen LogP contribution < -0.4 is 9.18 Å². The summed E-state index contributed by atoms with van der Waals surface area (Å²) < 4.78 is 30.3. The largest absolute Gasteiger partial charge is 0.308 e. The fraction of sp³-hybridized carbons (Fsp3) is 0.136. The quantitative estimate of drug-likeness (QED) is 0.453. The van der Waals surface area contributed by atoms with Crippen LogP contribution in [-0.2, 0) is 23.0 Å². The highest BCUT2D eigenvalue weighted by molar-refractivity contribution is 7.92. The van der Waals surface area contributed by atoms with Crippen LogP contribution in [0.25, 0.3) is 10.2 Å². The van der Waals surface area contributed by atoms with Gasteiger partial charge < -0.3 is 0 Å². The van der Waals surface area contributed by atoms with E-state index in [0.717, 1.165) is 28.2 Å². The van der Waals surface area contributed by atoms with Crippen molar-refractivity contribution in [1.29, 1.82) is 0 Å². The van der Waals surface area contributed by atoms with Gasteiger partial charge in [0, 0.05) is 11.6 Å². The molecule has 2 heterocycles. The zero-order valence-corrected chi connectivity index (χ0v) is 18.2. The minimum atomic E-state index is -3.71. The summed E-state index contributed by atoms with van der Waals surface area (Å²) in [6.45, 7) is 0.758. The third-order valence-electron chi connectivity index (χ3n) is 5.36. The SMILES string of the molecule is O=c1sc2cc(S(=O)(=O)N3CCc4ccccc43)ccc2n1Cc1ccccc1Cl. The summed E-state index contributed by atoms with van der Waals surface area (Å²) in [6.07, 6.45) is 0.694. The van der Waals surface area contributed by atoms with E-state index in [1.807, 2.05) is 42.5 Å². The molecule has 0 saturated heterocycles. The number of benzene rings is 3. The molecule has 1 aromatic heterocycles. The number of para-hydroxylation sites is 1. The minimum Gasteiger partial charge on any atom is -0.294 e. The Morgan fingerprint density at radius 2 is 1.77 bits per heavy atom. The predicted octanol–water partition coefficient (Wildman–Crippen LogP) is 4.52. The van der Waals surface area contributed by atoms with Gasteiger partial charge in [-0.25, -0.2) is 8.42 Å². The van der Waals surface area contributed by atoms with Gasteiger partial charge in [0.2, 0.25) is 0 Å². The first kappa shape index (κ1) is 19.4. The van der Waals surface area contributed by atoms with Gasteiger partial charge in [0.15, 0.2) is 0 Å². The lowest BCUT2D eigenvalue weighted by molar-refractivity contribution is 0.592. The third-order valence-corrected chi connectivity index (χ3v) is 8.48. The van der Waals surface area contributed by atoms with Crippen molar-refractivity contribution in [3.8, 4) is 0 Å². The van der Waals surface area contributed by atoms with Crippen LogP contribution in [0.3, 0.4) is 0 Å². The lowest BCUT2D eigenvalue weighted by Crippen LogP contribution is -2.29. The zero-order valence-electron chi connectivity index (χ0n) is 15.8. The van der Waals surface area contributed by atoms with Crippen molar-refractivity contribution in [3.63, 3.8) is 0 Å². The van der Waals surface area contributed by atoms with Gasteiger partial charge in [-0.1, -0.05) is 59.3 Å². The maximum absolute atomic E-state index is 13.3. The molecule has 1 aliphatic heterocycles. The van der Waals surface area contributed by atoms with E-state index in [2.05, 4.69) is 0 Å². The second kappa shape index (κ2) is 7.27. The van der Waals surface area contributed by atoms with Gasteiger partial charge in [-0.2, -0.15) is 0 Å². The van der Waals surface area contributed by atoms with Crippen LogP contribution in [0.5, 0.6) is 0 Å². The van der Waals surface area contributed by atoms with Crippen molar-refractivity contribution >= 4 is 48.9 Å². The number of hydrogen-bond donors (Lipinski definition) is 0. The molecular weight excluding hydrogens is 440 g/mol. The highest BCUT2D eigenvalue weighted by Crippen LogP contribution is 2.34. The van der Waals surface area contributed by atoms with Crippen LogP contribution in [0.1, 0.15) is 11.1 Å². The standard InChI is InChI=1S/C22H17ClN2O3S2/c23-18-7-3-1-6-16(18)14-24-20-10-9-17(13-21(20)29-22(24)26)30(27,28)25-12-11-15-5-2-4-8-19(15)25/h1-10,13H,11-12,14H2. The number of anilines is 1. The minimum absolute atomic E-state index is 0.147. The zero-order chi connectivity index (χ0) is 20.9. The van der Waals surface area contributed by atoms with Crippen molar-refractivity contribution < 1.29 is 8.42 Å². The maximum Gasteiger partial charge on any atom is 0.308 e. The highest BCUT2D eigenvalue weighted by Gasteiger charge is 2.31. The summed E-state index contributed by atoms with van der Waals surface area (Å²) in [5.74, 6) is 0. The van der Waals surface area contributed by atoms with E-state index >= 15 is 0 Å². The molecule has 1 aliphatic rings. The Kier molecular flexibility index (Phi) is 4.69. The summed E-state index contributed by atoms with van der Waals surface area (Å²) in [6, 6.07) is 19.8. The van der Waals surface area contributed by atoms with Crippen LogP contribution in [0.4, 0.5) is 5.69 Å². The van der Waals surface area contributed by atoms with Gasteiger partial charge in [0.1, 0.15) is 0 Å². The molecule has 0 amide bonds. The molecule has 8 heteroatoms. The number of thiazole rings is 1. The first-order valence-electron chi connectivity index (χ1n) is 9.42. The predicted molar refractivity (Wildman–Crippen MR) is 121 cm³/mol. The molecule has 4 aromatic rings. The molecule has 0 aliphatic carbocycles. The number of aromatic nitrogens is 1. The number of halogens is 1. The monoisotopic (exact) mass is 456 g/mol. The second-order valence-corrected chi connectivity index (χ2v) is 10.4. The van der Waals surface area contributed by atoms with Gasteiger partial charge in [-0.05, 0) is 47.9 Å². The van der Waals surface area contributed by atoms with Crippen molar-refractivity contribution in [2.75, 3.05) is 10.8 Å². The molecule has 0 spiro atoms. The number of sulfonamides is 1. The first-order chi connectivity index (χ1) is 14.4. The van der Waals surface area contributed by atoms with Gasteiger partial charge in [-0.3, -0.25) is 13.7 Å². The summed E-state index contributed by atoms with van der Waals surface area (Å²) in [5, 5.41) is 0.593. The Balaban J connectivity index is 1.55. The van der Waals surface area contributed by atoms with E-state index in [1.54, 1.807) is 28.8 Å². The molecule has 0 unspecified atom stereocenters. The van der Waals surface area contributed by atoms with Crippen molar-refractivity contribution in [2.24, 2.45) is 0 Å². The summed E-state index contributed by atoms with van der Waals surface area (Å²) in [7, 11) is -3.71. The lowest BCUT2D eigenvalue weighted by Gasteiger charge is -2.19. The molecule has 0 N–H and O–H groups in total. The molecule has 3 aromatic carbocycles. The van der Waals surface area contributed by atoms with Crippen LogP contribution >= 0.6 is 22.9 Å². The molecule has 0 fully saturated rings. The summed E-state index contributed by atoms with van der Waals surface area (Å²) in [4.78, 5) is 12.7. The van der Waals surface area contributed by atoms with Crippen molar-refractivity contribution in [1.82, 2.24) is 4.57 Å². The number of rotatable bonds is 4. The summed E-state index contributed by atoms with van der Waals surface area (Å²) >= 11 is 7.29. The van der Waals surface area contributed by atoms with E-state index < -0.39 is 10.0 Å². The Labute approximate surface area is 182 Å². The number of fused-ring (bicyclic) bond motifs is 2. The normalized spacial score (nSPS) is 13.7. The number of nitrogens with zero attached hydrogens (tertiary/aromatic N) is 2. The average molecular weight is 457 g/mol. The second-order valence-electron chi connectivity index (χ2n) is 7.13. The van der Waals surface area contributed by atoms with E-state index in [-0.39, 0.29) is 9.77 Å². The van der Waals surface area contributed by atoms with Crippen molar-refractivity contribution in [3.05, 3.63) is 92.5 Å². The molecule has 0 radical (unpaired) electrons. The van der Waals surface area contributed by atoms with E-state index in [9.17, 15) is 13.2 Å². The van der Waals surface area contributed by atoms with Gasteiger partial charge in [-0.15, -0.1) is 0 Å². The molecule has 0 atom stereocenters. The topological polar surface area (TPSA) is 59.4 Å². The molecule has 0 saturated carbocycles. The van der Waals surface area contributed by atoms with Crippen molar-refractivity contribution in [2.45, 2.75) is 17.9 Å². The maximum atomic E-state index is 13.3. The van der Waals surface area contributed by atoms with Crippen LogP contribution in [0.15, 0.2) is 76.4 Å². The molecule has 0 bridgehead atoms. The highest BCUT2D eigenvalue weighted by atomic mass is 35.5. The third kappa shape index (κ3) is 3.14. The molecule has 30 heavy (non-hydrogen) atoms. The van der Waals surface area contributed by atoms with Gasteiger partial charge in [0.25, 0.3) is 10.0 Å². The molecule has 152 valence electrons. The van der Waals surface area contributed by atoms with Crippen LogP contribution in [-0.4, -0.2) is 19.5 Å². The van der Waals surface area contributed by atoms with Crippen LogP contribution in [0.2, 0.25) is 5.02 Å². The fourth-order valence-electron chi connectivity index (χ4n) is 3.84. The fourth-order valence-corrected chi connectivity index (χ4v) is 6.57. The Morgan fingerprint density at radius 3 is 2.60 bits per heavy atom. The average Bonchev–Trinajstić information content (AvgIpc) is 3.31. The van der Waals surface area contributed by atoms with E-state index in [1.165, 1.54) is 4.31 Å².